The summed E-state index contributed by atoms with van der Waals surface area (Å²) in [6.07, 6.45) is 1.83. The molecule has 0 unspecified atom stereocenters. The third-order valence-corrected chi connectivity index (χ3v) is 7.54. The number of amides is 1. The fraction of sp³-hybridized carbons (Fsp3) is 0.345. The SMILES string of the molecule is CC(C)[C@H](c1ccccn1)N1C(=O)[C@](C)(CC(=O)O)C[C@H](c2cccc(Cl)c2)[C@H]1c1ccc(Cl)cc1. The number of halogens is 2. The highest BCUT2D eigenvalue weighted by Crippen LogP contribution is 2.54. The molecule has 0 spiro atoms. The van der Waals surface area contributed by atoms with Gasteiger partial charge in [-0.2, -0.15) is 0 Å². The number of rotatable bonds is 7. The van der Waals surface area contributed by atoms with E-state index in [1.54, 1.807) is 13.1 Å². The number of carboxylic acids is 1. The topological polar surface area (TPSA) is 70.5 Å². The van der Waals surface area contributed by atoms with E-state index < -0.39 is 11.4 Å². The van der Waals surface area contributed by atoms with Crippen LogP contribution in [-0.2, 0) is 9.59 Å². The maximum absolute atomic E-state index is 14.4. The van der Waals surface area contributed by atoms with Crippen LogP contribution in [0.2, 0.25) is 10.0 Å². The quantitative estimate of drug-likeness (QED) is 0.351. The highest BCUT2D eigenvalue weighted by Gasteiger charge is 2.53. The van der Waals surface area contributed by atoms with Crippen molar-refractivity contribution in [2.75, 3.05) is 0 Å². The Kier molecular flexibility index (Phi) is 7.72. The Labute approximate surface area is 222 Å². The van der Waals surface area contributed by atoms with Crippen molar-refractivity contribution >= 4 is 35.1 Å². The maximum Gasteiger partial charge on any atom is 0.304 e. The van der Waals surface area contributed by atoms with Gasteiger partial charge in [0.25, 0.3) is 0 Å². The van der Waals surface area contributed by atoms with Gasteiger partial charge in [-0.05, 0) is 59.9 Å². The molecule has 1 saturated heterocycles. The number of aromatic nitrogens is 1. The second kappa shape index (κ2) is 10.6. The monoisotopic (exact) mass is 524 g/mol. The van der Waals surface area contributed by atoms with Gasteiger partial charge in [0.1, 0.15) is 0 Å². The standard InChI is InChI=1S/C29H30Cl2N2O3/c1-18(2)26(24-9-4-5-14-32-24)33-27(19-10-12-21(30)13-11-19)23(20-7-6-8-22(31)15-20)16-29(3,28(33)36)17-25(34)35/h4-15,18,23,26-27H,16-17H2,1-3H3,(H,34,35)/t23-,26-,27-,29+/m1/s1. The van der Waals surface area contributed by atoms with Crippen LogP contribution in [0.3, 0.4) is 0 Å². The number of benzene rings is 2. The number of carbonyl (C=O) groups excluding carboxylic acids is 1. The van der Waals surface area contributed by atoms with Gasteiger partial charge in [0, 0.05) is 22.2 Å². The van der Waals surface area contributed by atoms with E-state index in [1.807, 2.05) is 71.6 Å². The zero-order chi connectivity index (χ0) is 26.0. The molecule has 1 N–H and O–H groups in total. The van der Waals surface area contributed by atoms with Crippen LogP contribution < -0.4 is 0 Å². The molecule has 1 amide bonds. The van der Waals surface area contributed by atoms with Gasteiger partial charge in [0.05, 0.1) is 29.6 Å². The average Bonchev–Trinajstić information content (AvgIpc) is 2.83. The zero-order valence-electron chi connectivity index (χ0n) is 20.6. The van der Waals surface area contributed by atoms with Gasteiger partial charge in [0.15, 0.2) is 0 Å². The summed E-state index contributed by atoms with van der Waals surface area (Å²) in [7, 11) is 0. The van der Waals surface area contributed by atoms with E-state index in [0.29, 0.717) is 16.5 Å². The van der Waals surface area contributed by atoms with Gasteiger partial charge in [-0.15, -0.1) is 0 Å². The van der Waals surface area contributed by atoms with E-state index >= 15 is 0 Å². The first-order chi connectivity index (χ1) is 17.1. The largest absolute Gasteiger partial charge is 0.481 e. The zero-order valence-corrected chi connectivity index (χ0v) is 22.1. The number of piperidine rings is 1. The number of carboxylic acid groups (broad SMARTS) is 1. The van der Waals surface area contributed by atoms with E-state index in [1.165, 1.54) is 0 Å². The number of nitrogens with zero attached hydrogens (tertiary/aromatic N) is 2. The molecule has 1 fully saturated rings. The summed E-state index contributed by atoms with van der Waals surface area (Å²) in [6.45, 7) is 5.88. The summed E-state index contributed by atoms with van der Waals surface area (Å²) >= 11 is 12.6. The summed E-state index contributed by atoms with van der Waals surface area (Å²) < 4.78 is 0. The molecular weight excluding hydrogens is 495 g/mol. The van der Waals surface area contributed by atoms with Crippen molar-refractivity contribution in [2.45, 2.75) is 51.6 Å². The molecule has 1 aliphatic rings. The first-order valence-electron chi connectivity index (χ1n) is 12.1. The molecule has 0 saturated carbocycles. The molecule has 2 heterocycles. The molecule has 188 valence electrons. The molecular formula is C29H30Cl2N2O3. The summed E-state index contributed by atoms with van der Waals surface area (Å²) in [5.74, 6) is -1.37. The highest BCUT2D eigenvalue weighted by atomic mass is 35.5. The minimum absolute atomic E-state index is 0.0193. The Morgan fingerprint density at radius 1 is 1.06 bits per heavy atom. The molecule has 0 radical (unpaired) electrons. The third kappa shape index (κ3) is 5.28. The van der Waals surface area contributed by atoms with Crippen molar-refractivity contribution in [1.29, 1.82) is 0 Å². The minimum atomic E-state index is -1.11. The van der Waals surface area contributed by atoms with Crippen molar-refractivity contribution in [3.8, 4) is 0 Å². The highest BCUT2D eigenvalue weighted by molar-refractivity contribution is 6.30. The van der Waals surface area contributed by atoms with E-state index in [0.717, 1.165) is 16.8 Å². The molecule has 0 aliphatic carbocycles. The van der Waals surface area contributed by atoms with Crippen molar-refractivity contribution < 1.29 is 14.7 Å². The van der Waals surface area contributed by atoms with E-state index in [4.69, 9.17) is 23.2 Å². The molecule has 3 aromatic rings. The fourth-order valence-corrected chi connectivity index (χ4v) is 5.87. The van der Waals surface area contributed by atoms with Gasteiger partial charge in [-0.25, -0.2) is 0 Å². The molecule has 7 heteroatoms. The number of aliphatic carboxylic acids is 1. The van der Waals surface area contributed by atoms with Gasteiger partial charge in [-0.3, -0.25) is 14.6 Å². The number of hydrogen-bond donors (Lipinski definition) is 1. The Balaban J connectivity index is 1.98. The van der Waals surface area contributed by atoms with Crippen LogP contribution >= 0.6 is 23.2 Å². The number of likely N-dealkylation sites (tertiary alicyclic amines) is 1. The summed E-state index contributed by atoms with van der Waals surface area (Å²) in [4.78, 5) is 32.8. The lowest BCUT2D eigenvalue weighted by Gasteiger charge is -2.52. The summed E-state index contributed by atoms with van der Waals surface area (Å²) in [5.41, 5.74) is 1.55. The molecule has 0 bridgehead atoms. The Hall–Kier alpha value is -2.89. The van der Waals surface area contributed by atoms with E-state index in [2.05, 4.69) is 18.8 Å². The molecule has 4 atom stereocenters. The molecule has 5 nitrogen and oxygen atoms in total. The van der Waals surface area contributed by atoms with Crippen molar-refractivity contribution in [1.82, 2.24) is 9.88 Å². The number of hydrogen-bond acceptors (Lipinski definition) is 3. The van der Waals surface area contributed by atoms with Crippen LogP contribution in [-0.4, -0.2) is 26.9 Å². The normalized spacial score (nSPS) is 23.1. The summed E-state index contributed by atoms with van der Waals surface area (Å²) in [5, 5.41) is 11.0. The predicted molar refractivity (Wildman–Crippen MR) is 142 cm³/mol. The van der Waals surface area contributed by atoms with Crippen LogP contribution in [0.25, 0.3) is 0 Å². The van der Waals surface area contributed by atoms with E-state index in [-0.39, 0.29) is 36.2 Å². The maximum atomic E-state index is 14.4. The average molecular weight is 525 g/mol. The second-order valence-corrected chi connectivity index (χ2v) is 11.0. The van der Waals surface area contributed by atoms with Crippen LogP contribution in [0.1, 0.15) is 68.4 Å². The number of pyridine rings is 1. The van der Waals surface area contributed by atoms with Crippen molar-refractivity contribution in [3.63, 3.8) is 0 Å². The Morgan fingerprint density at radius 3 is 2.36 bits per heavy atom. The lowest BCUT2D eigenvalue weighted by Crippen LogP contribution is -2.54. The van der Waals surface area contributed by atoms with Crippen molar-refractivity contribution in [3.05, 3.63) is 99.8 Å². The Bertz CT molecular complexity index is 1230. The Morgan fingerprint density at radius 2 is 1.78 bits per heavy atom. The predicted octanol–water partition coefficient (Wildman–Crippen LogP) is 7.32. The van der Waals surface area contributed by atoms with E-state index in [9.17, 15) is 14.7 Å². The first-order valence-corrected chi connectivity index (χ1v) is 12.8. The molecule has 4 rings (SSSR count). The third-order valence-electron chi connectivity index (χ3n) is 7.05. The fourth-order valence-electron chi connectivity index (χ4n) is 5.54. The van der Waals surface area contributed by atoms with Gasteiger partial charge in [-0.1, -0.05) is 74.3 Å². The molecule has 36 heavy (non-hydrogen) atoms. The van der Waals surface area contributed by atoms with Gasteiger partial charge >= 0.3 is 5.97 Å². The lowest BCUT2D eigenvalue weighted by atomic mass is 9.66. The first kappa shape index (κ1) is 26.2. The molecule has 2 aromatic carbocycles. The van der Waals surface area contributed by atoms with Gasteiger partial charge < -0.3 is 10.0 Å². The van der Waals surface area contributed by atoms with Crippen LogP contribution in [0.5, 0.6) is 0 Å². The smallest absolute Gasteiger partial charge is 0.304 e. The minimum Gasteiger partial charge on any atom is -0.481 e. The van der Waals surface area contributed by atoms with Gasteiger partial charge in [0.2, 0.25) is 5.91 Å². The molecule has 1 aromatic heterocycles. The number of carbonyl (C=O) groups is 2. The second-order valence-electron chi connectivity index (χ2n) is 10.1. The lowest BCUT2D eigenvalue weighted by molar-refractivity contribution is -0.162. The van der Waals surface area contributed by atoms with Crippen LogP contribution in [0, 0.1) is 11.3 Å². The summed E-state index contributed by atoms with van der Waals surface area (Å²) in [6, 6.07) is 20.1. The van der Waals surface area contributed by atoms with Crippen LogP contribution in [0.15, 0.2) is 72.9 Å². The molecule has 1 aliphatic heterocycles. The van der Waals surface area contributed by atoms with Crippen molar-refractivity contribution in [2.24, 2.45) is 11.3 Å². The van der Waals surface area contributed by atoms with Crippen LogP contribution in [0.4, 0.5) is 0 Å².